The smallest absolute Gasteiger partial charge is 0.154 e. The van der Waals surface area contributed by atoms with E-state index in [9.17, 15) is 9.90 Å². The maximum absolute atomic E-state index is 10.6. The molecule has 1 rings (SSSR count). The molecule has 0 saturated carbocycles. The van der Waals surface area contributed by atoms with Crippen LogP contribution in [0.2, 0.25) is 0 Å². The monoisotopic (exact) mass is 164 g/mol. The number of carbonyl (C=O) groups excluding carboxylic acids is 1. The molecular formula is C10H12O2. The molecule has 0 aliphatic heterocycles. The molecule has 2 heteroatoms. The van der Waals surface area contributed by atoms with Crippen molar-refractivity contribution in [2.45, 2.75) is 20.3 Å². The molecule has 0 amide bonds. The molecular weight excluding hydrogens is 152 g/mol. The van der Waals surface area contributed by atoms with E-state index in [4.69, 9.17) is 0 Å². The molecule has 0 aromatic heterocycles. The summed E-state index contributed by atoms with van der Waals surface area (Å²) in [4.78, 5) is 10.6. The maximum atomic E-state index is 10.6. The minimum Gasteiger partial charge on any atom is -0.507 e. The summed E-state index contributed by atoms with van der Waals surface area (Å²) < 4.78 is 0. The molecule has 0 bridgehead atoms. The molecule has 0 spiro atoms. The molecule has 0 aliphatic carbocycles. The Morgan fingerprint density at radius 2 is 2.17 bits per heavy atom. The Balaban J connectivity index is 3.33. The molecule has 12 heavy (non-hydrogen) atoms. The van der Waals surface area contributed by atoms with E-state index < -0.39 is 0 Å². The third-order valence-corrected chi connectivity index (χ3v) is 2.10. The van der Waals surface area contributed by atoms with Gasteiger partial charge in [-0.15, -0.1) is 0 Å². The topological polar surface area (TPSA) is 37.3 Å². The van der Waals surface area contributed by atoms with Crippen molar-refractivity contribution in [1.82, 2.24) is 0 Å². The Hall–Kier alpha value is -1.31. The standard InChI is InChI=1S/C10H12O2/c1-3-8-4-5-10(12)9(6-11)7(8)2/h4-6,12H,3H2,1-2H3. The summed E-state index contributed by atoms with van der Waals surface area (Å²) in [5.41, 5.74) is 2.40. The first-order valence-electron chi connectivity index (χ1n) is 3.97. The Labute approximate surface area is 71.8 Å². The number of carbonyl (C=O) groups is 1. The lowest BCUT2D eigenvalue weighted by atomic mass is 10.0. The molecule has 0 atom stereocenters. The van der Waals surface area contributed by atoms with Crippen LogP contribution in [0.5, 0.6) is 5.75 Å². The third-order valence-electron chi connectivity index (χ3n) is 2.10. The average Bonchev–Trinajstić information content (AvgIpc) is 2.06. The fraction of sp³-hybridized carbons (Fsp3) is 0.300. The minimum atomic E-state index is 0.0692. The number of phenolic OH excluding ortho intramolecular Hbond substituents is 1. The molecule has 0 fully saturated rings. The van der Waals surface area contributed by atoms with Crippen molar-refractivity contribution >= 4 is 6.29 Å². The van der Waals surface area contributed by atoms with Crippen LogP contribution in [0.4, 0.5) is 0 Å². The molecule has 2 nitrogen and oxygen atoms in total. The highest BCUT2D eigenvalue weighted by Crippen LogP contribution is 2.22. The lowest BCUT2D eigenvalue weighted by Crippen LogP contribution is -1.93. The van der Waals surface area contributed by atoms with Crippen LogP contribution in [0.3, 0.4) is 0 Å². The van der Waals surface area contributed by atoms with Crippen molar-refractivity contribution < 1.29 is 9.90 Å². The van der Waals surface area contributed by atoms with Crippen LogP contribution in [-0.2, 0) is 6.42 Å². The van der Waals surface area contributed by atoms with Gasteiger partial charge in [0.05, 0.1) is 5.56 Å². The summed E-state index contributed by atoms with van der Waals surface area (Å²) in [6.45, 7) is 3.87. The predicted molar refractivity (Wildman–Crippen MR) is 47.6 cm³/mol. The van der Waals surface area contributed by atoms with Crippen LogP contribution in [0, 0.1) is 6.92 Å². The number of hydrogen-bond donors (Lipinski definition) is 1. The number of aldehydes is 1. The van der Waals surface area contributed by atoms with Crippen LogP contribution in [0.1, 0.15) is 28.4 Å². The van der Waals surface area contributed by atoms with E-state index >= 15 is 0 Å². The van der Waals surface area contributed by atoms with Gasteiger partial charge >= 0.3 is 0 Å². The van der Waals surface area contributed by atoms with E-state index in [-0.39, 0.29) is 5.75 Å². The fourth-order valence-corrected chi connectivity index (χ4v) is 1.29. The van der Waals surface area contributed by atoms with Crippen LogP contribution < -0.4 is 0 Å². The van der Waals surface area contributed by atoms with Gasteiger partial charge in [-0.1, -0.05) is 13.0 Å². The summed E-state index contributed by atoms with van der Waals surface area (Å²) >= 11 is 0. The van der Waals surface area contributed by atoms with Crippen molar-refractivity contribution in [3.05, 3.63) is 28.8 Å². The zero-order chi connectivity index (χ0) is 9.14. The number of aromatic hydroxyl groups is 1. The predicted octanol–water partition coefficient (Wildman–Crippen LogP) is 2.08. The van der Waals surface area contributed by atoms with Gasteiger partial charge in [0, 0.05) is 0 Å². The van der Waals surface area contributed by atoms with Gasteiger partial charge < -0.3 is 5.11 Å². The highest BCUT2D eigenvalue weighted by molar-refractivity contribution is 5.82. The number of aryl methyl sites for hydroxylation is 1. The van der Waals surface area contributed by atoms with Gasteiger partial charge in [-0.25, -0.2) is 0 Å². The molecule has 1 aromatic rings. The first-order chi connectivity index (χ1) is 5.70. The van der Waals surface area contributed by atoms with E-state index in [1.54, 1.807) is 6.07 Å². The highest BCUT2D eigenvalue weighted by atomic mass is 16.3. The minimum absolute atomic E-state index is 0.0692. The number of rotatable bonds is 2. The highest BCUT2D eigenvalue weighted by Gasteiger charge is 2.06. The second-order valence-corrected chi connectivity index (χ2v) is 2.75. The van der Waals surface area contributed by atoms with Gasteiger partial charge in [0.2, 0.25) is 0 Å². The zero-order valence-corrected chi connectivity index (χ0v) is 7.29. The SMILES string of the molecule is CCc1ccc(O)c(C=O)c1C. The number of phenols is 1. The van der Waals surface area contributed by atoms with Gasteiger partial charge in [0.25, 0.3) is 0 Å². The Morgan fingerprint density at radius 1 is 1.50 bits per heavy atom. The first-order valence-corrected chi connectivity index (χ1v) is 3.97. The second kappa shape index (κ2) is 3.39. The van der Waals surface area contributed by atoms with E-state index in [1.807, 2.05) is 19.9 Å². The lowest BCUT2D eigenvalue weighted by molar-refractivity contribution is 0.112. The van der Waals surface area contributed by atoms with Crippen molar-refractivity contribution in [3.8, 4) is 5.75 Å². The fourth-order valence-electron chi connectivity index (χ4n) is 1.29. The quantitative estimate of drug-likeness (QED) is 0.679. The molecule has 0 radical (unpaired) electrons. The molecule has 64 valence electrons. The largest absolute Gasteiger partial charge is 0.507 e. The van der Waals surface area contributed by atoms with Gasteiger partial charge in [-0.05, 0) is 30.5 Å². The second-order valence-electron chi connectivity index (χ2n) is 2.75. The van der Waals surface area contributed by atoms with E-state index in [0.29, 0.717) is 11.8 Å². The Bertz CT molecular complexity index is 303. The van der Waals surface area contributed by atoms with Gasteiger partial charge in [-0.2, -0.15) is 0 Å². The summed E-state index contributed by atoms with van der Waals surface area (Å²) in [6.07, 6.45) is 1.58. The van der Waals surface area contributed by atoms with Crippen LogP contribution in [0.15, 0.2) is 12.1 Å². The molecule has 0 unspecified atom stereocenters. The third kappa shape index (κ3) is 1.33. The summed E-state index contributed by atoms with van der Waals surface area (Å²) in [7, 11) is 0. The summed E-state index contributed by atoms with van der Waals surface area (Å²) in [5.74, 6) is 0.0692. The lowest BCUT2D eigenvalue weighted by Gasteiger charge is -2.06. The van der Waals surface area contributed by atoms with Crippen LogP contribution in [0.25, 0.3) is 0 Å². The Morgan fingerprint density at radius 3 is 2.67 bits per heavy atom. The molecule has 0 saturated heterocycles. The van der Waals surface area contributed by atoms with Crippen molar-refractivity contribution in [3.63, 3.8) is 0 Å². The van der Waals surface area contributed by atoms with E-state index in [0.717, 1.165) is 17.5 Å². The Kier molecular flexibility index (Phi) is 2.48. The number of hydrogen-bond acceptors (Lipinski definition) is 2. The van der Waals surface area contributed by atoms with Gasteiger partial charge in [-0.3, -0.25) is 4.79 Å². The van der Waals surface area contributed by atoms with Crippen molar-refractivity contribution in [2.75, 3.05) is 0 Å². The molecule has 1 N–H and O–H groups in total. The van der Waals surface area contributed by atoms with Gasteiger partial charge in [0.1, 0.15) is 5.75 Å². The van der Waals surface area contributed by atoms with Crippen LogP contribution in [-0.4, -0.2) is 11.4 Å². The van der Waals surface area contributed by atoms with E-state index in [2.05, 4.69) is 0 Å². The maximum Gasteiger partial charge on any atom is 0.154 e. The zero-order valence-electron chi connectivity index (χ0n) is 7.29. The summed E-state index contributed by atoms with van der Waals surface area (Å²) in [5, 5.41) is 9.28. The van der Waals surface area contributed by atoms with Crippen molar-refractivity contribution in [1.29, 1.82) is 0 Å². The van der Waals surface area contributed by atoms with Crippen LogP contribution >= 0.6 is 0 Å². The van der Waals surface area contributed by atoms with Crippen molar-refractivity contribution in [2.24, 2.45) is 0 Å². The molecule has 1 aromatic carbocycles. The van der Waals surface area contributed by atoms with E-state index in [1.165, 1.54) is 0 Å². The molecule has 0 aliphatic rings. The number of benzene rings is 1. The average molecular weight is 164 g/mol. The van der Waals surface area contributed by atoms with Gasteiger partial charge in [0.15, 0.2) is 6.29 Å². The first kappa shape index (κ1) is 8.78. The summed E-state index contributed by atoms with van der Waals surface area (Å²) in [6, 6.07) is 3.41. The normalized spacial score (nSPS) is 9.83. The molecule has 0 heterocycles.